The van der Waals surface area contributed by atoms with Gasteiger partial charge in [0, 0.05) is 12.8 Å². The van der Waals surface area contributed by atoms with Crippen LogP contribution in [-0.2, 0) is 19.0 Å². The smallest absolute Gasteiger partial charge is 0.306 e. The Morgan fingerprint density at radius 1 is 1.21 bits per heavy atom. The van der Waals surface area contributed by atoms with Crippen LogP contribution >= 0.6 is 0 Å². The number of hydrogen-bond acceptors (Lipinski definition) is 6. The van der Waals surface area contributed by atoms with Gasteiger partial charge in [0.05, 0.1) is 18.3 Å². The fourth-order valence-electron chi connectivity index (χ4n) is 2.65. The van der Waals surface area contributed by atoms with Gasteiger partial charge in [-0.25, -0.2) is 0 Å². The molecule has 0 spiro atoms. The number of hydrogen-bond donors (Lipinski definition) is 2. The minimum absolute atomic E-state index is 0.104. The van der Waals surface area contributed by atoms with Gasteiger partial charge in [-0.05, 0) is 53.4 Å². The lowest BCUT2D eigenvalue weighted by molar-refractivity contribution is -0.273. The Balaban J connectivity index is 2.30. The maximum absolute atomic E-state index is 11.8. The van der Waals surface area contributed by atoms with Gasteiger partial charge in [-0.2, -0.15) is 0 Å². The summed E-state index contributed by atoms with van der Waals surface area (Å²) in [5.41, 5.74) is -0.455. The highest BCUT2D eigenvalue weighted by atomic mass is 16.7. The molecule has 1 fully saturated rings. The molecule has 1 heterocycles. The second-order valence-electron chi connectivity index (χ2n) is 8.00. The largest absolute Gasteiger partial charge is 0.460 e. The summed E-state index contributed by atoms with van der Waals surface area (Å²) in [6.45, 7) is 11.3. The fraction of sp³-hybridized carbons (Fsp3) is 0.944. The summed E-state index contributed by atoms with van der Waals surface area (Å²) in [5, 5.41) is 19.6. The van der Waals surface area contributed by atoms with E-state index >= 15 is 0 Å². The van der Waals surface area contributed by atoms with Crippen molar-refractivity contribution < 1.29 is 29.2 Å². The summed E-state index contributed by atoms with van der Waals surface area (Å²) in [7, 11) is 0. The zero-order chi connectivity index (χ0) is 18.5. The molecule has 6 nitrogen and oxygen atoms in total. The third kappa shape index (κ3) is 7.92. The average molecular weight is 346 g/mol. The van der Waals surface area contributed by atoms with Crippen molar-refractivity contribution in [3.63, 3.8) is 0 Å². The first-order chi connectivity index (χ1) is 11.0. The molecule has 0 radical (unpaired) electrons. The van der Waals surface area contributed by atoms with Crippen LogP contribution in [0.3, 0.4) is 0 Å². The molecule has 0 amide bonds. The maximum Gasteiger partial charge on any atom is 0.306 e. The zero-order valence-electron chi connectivity index (χ0n) is 15.8. The summed E-state index contributed by atoms with van der Waals surface area (Å²) >= 11 is 0. The lowest BCUT2D eigenvalue weighted by Crippen LogP contribution is -2.48. The number of esters is 1. The van der Waals surface area contributed by atoms with Crippen LogP contribution in [0.15, 0.2) is 0 Å². The van der Waals surface area contributed by atoms with Gasteiger partial charge in [-0.3, -0.25) is 4.79 Å². The Morgan fingerprint density at radius 3 is 2.42 bits per heavy atom. The van der Waals surface area contributed by atoms with Gasteiger partial charge in [-0.15, -0.1) is 0 Å². The number of aliphatic hydroxyl groups excluding tert-OH is 2. The zero-order valence-corrected chi connectivity index (χ0v) is 15.8. The molecule has 0 aliphatic carbocycles. The molecule has 1 rings (SSSR count). The predicted molar refractivity (Wildman–Crippen MR) is 90.4 cm³/mol. The predicted octanol–water partition coefficient (Wildman–Crippen LogP) is 2.40. The van der Waals surface area contributed by atoms with Gasteiger partial charge in [-0.1, -0.05) is 6.92 Å². The Bertz CT molecular complexity index is 391. The summed E-state index contributed by atoms with van der Waals surface area (Å²) in [5.74, 6) is 0.0151. The molecule has 1 aliphatic rings. The van der Waals surface area contributed by atoms with E-state index in [2.05, 4.69) is 0 Å². The van der Waals surface area contributed by atoms with Crippen LogP contribution in [0.2, 0.25) is 0 Å². The van der Waals surface area contributed by atoms with Crippen molar-refractivity contribution in [3.05, 3.63) is 0 Å². The van der Waals surface area contributed by atoms with Crippen molar-refractivity contribution in [1.82, 2.24) is 0 Å². The molecule has 0 aromatic carbocycles. The first-order valence-corrected chi connectivity index (χ1v) is 8.87. The molecule has 0 aromatic rings. The summed E-state index contributed by atoms with van der Waals surface area (Å²) in [6.07, 6.45) is -0.426. The summed E-state index contributed by atoms with van der Waals surface area (Å²) in [4.78, 5) is 11.8. The third-order valence-electron chi connectivity index (χ3n) is 4.06. The molecule has 0 bridgehead atoms. The Kier molecular flexibility index (Phi) is 8.12. The van der Waals surface area contributed by atoms with Crippen molar-refractivity contribution in [1.29, 1.82) is 0 Å². The molecule has 6 atom stereocenters. The van der Waals surface area contributed by atoms with Crippen molar-refractivity contribution in [3.8, 4) is 0 Å². The van der Waals surface area contributed by atoms with Gasteiger partial charge in [0.1, 0.15) is 11.7 Å². The van der Waals surface area contributed by atoms with E-state index < -0.39 is 24.1 Å². The maximum atomic E-state index is 11.8. The van der Waals surface area contributed by atoms with E-state index in [-0.39, 0.29) is 30.5 Å². The van der Waals surface area contributed by atoms with E-state index in [9.17, 15) is 15.0 Å². The number of rotatable bonds is 7. The molecule has 0 unspecified atom stereocenters. The lowest BCUT2D eigenvalue weighted by Gasteiger charge is -2.36. The fourth-order valence-corrected chi connectivity index (χ4v) is 2.65. The first-order valence-electron chi connectivity index (χ1n) is 8.87. The van der Waals surface area contributed by atoms with E-state index in [1.165, 1.54) is 0 Å². The highest BCUT2D eigenvalue weighted by Crippen LogP contribution is 2.24. The lowest BCUT2D eigenvalue weighted by atomic mass is 9.99. The minimum atomic E-state index is -0.821. The molecule has 24 heavy (non-hydrogen) atoms. The van der Waals surface area contributed by atoms with Crippen molar-refractivity contribution >= 4 is 5.97 Å². The van der Waals surface area contributed by atoms with Crippen molar-refractivity contribution in [2.45, 2.75) is 104 Å². The third-order valence-corrected chi connectivity index (χ3v) is 4.06. The average Bonchev–Trinajstić information content (AvgIpc) is 2.40. The highest BCUT2D eigenvalue weighted by molar-refractivity contribution is 5.70. The Hall–Kier alpha value is -0.690. The standard InChI is InChI=1S/C18H34O6/c1-11(9-16(21)24-18(4,5)6)7-8-12(2)22-17-15(20)10-14(19)13(3)23-17/h11-15,17,19-20H,7-10H2,1-6H3/t11-,12-,13+,14-,15-,17-/m1/s1. The van der Waals surface area contributed by atoms with Crippen LogP contribution in [-0.4, -0.2) is 52.5 Å². The number of aliphatic hydroxyl groups is 2. The van der Waals surface area contributed by atoms with Crippen molar-refractivity contribution in [2.75, 3.05) is 0 Å². The highest BCUT2D eigenvalue weighted by Gasteiger charge is 2.35. The van der Waals surface area contributed by atoms with E-state index in [4.69, 9.17) is 14.2 Å². The molecule has 1 saturated heterocycles. The SMILES string of the molecule is C[C@H](CC[C@@H](C)O[C@@H]1O[C@@H](C)[C@H](O)C[C@H]1O)CC(=O)OC(C)(C)C. The van der Waals surface area contributed by atoms with Gasteiger partial charge >= 0.3 is 5.97 Å². The second kappa shape index (κ2) is 9.13. The van der Waals surface area contributed by atoms with Crippen molar-refractivity contribution in [2.24, 2.45) is 5.92 Å². The molecule has 1 aliphatic heterocycles. The summed E-state index contributed by atoms with van der Waals surface area (Å²) < 4.78 is 16.6. The van der Waals surface area contributed by atoms with Gasteiger partial charge < -0.3 is 24.4 Å². The molecular formula is C18H34O6. The van der Waals surface area contributed by atoms with Gasteiger partial charge in [0.15, 0.2) is 6.29 Å². The van der Waals surface area contributed by atoms with Crippen LogP contribution in [0, 0.1) is 5.92 Å². The van der Waals surface area contributed by atoms with E-state index in [0.717, 1.165) is 12.8 Å². The molecule has 2 N–H and O–H groups in total. The first kappa shape index (κ1) is 21.4. The van der Waals surface area contributed by atoms with E-state index in [0.29, 0.717) is 6.42 Å². The van der Waals surface area contributed by atoms with E-state index in [1.807, 2.05) is 34.6 Å². The molecule has 0 aromatic heterocycles. The summed E-state index contributed by atoms with van der Waals surface area (Å²) in [6, 6.07) is 0. The second-order valence-corrected chi connectivity index (χ2v) is 8.00. The van der Waals surface area contributed by atoms with Crippen LogP contribution < -0.4 is 0 Å². The topological polar surface area (TPSA) is 85.2 Å². The van der Waals surface area contributed by atoms with Gasteiger partial charge in [0.2, 0.25) is 0 Å². The number of ether oxygens (including phenoxy) is 3. The molecule has 0 saturated carbocycles. The van der Waals surface area contributed by atoms with Gasteiger partial charge in [0.25, 0.3) is 0 Å². The van der Waals surface area contributed by atoms with Crippen LogP contribution in [0.5, 0.6) is 0 Å². The van der Waals surface area contributed by atoms with Crippen LogP contribution in [0.25, 0.3) is 0 Å². The minimum Gasteiger partial charge on any atom is -0.460 e. The van der Waals surface area contributed by atoms with Crippen LogP contribution in [0.1, 0.15) is 67.2 Å². The number of carbonyl (C=O) groups is 1. The normalized spacial score (nSPS) is 30.7. The number of carbonyl (C=O) groups excluding carboxylic acids is 1. The monoisotopic (exact) mass is 346 g/mol. The molecule has 6 heteroatoms. The molecule has 142 valence electrons. The quantitative estimate of drug-likeness (QED) is 0.689. The molecular weight excluding hydrogens is 312 g/mol. The Labute approximate surface area is 145 Å². The van der Waals surface area contributed by atoms with E-state index in [1.54, 1.807) is 6.92 Å². The Morgan fingerprint density at radius 2 is 1.83 bits per heavy atom. The van der Waals surface area contributed by atoms with Crippen LogP contribution in [0.4, 0.5) is 0 Å².